The third-order valence-corrected chi connectivity index (χ3v) is 5.09. The molecule has 128 valence electrons. The molecule has 1 fully saturated rings. The molecule has 0 amide bonds. The van der Waals surface area contributed by atoms with E-state index in [1.165, 1.54) is 23.2 Å². The molecule has 4 rings (SSSR count). The predicted octanol–water partition coefficient (Wildman–Crippen LogP) is 4.91. The van der Waals surface area contributed by atoms with Crippen molar-refractivity contribution in [2.24, 2.45) is 0 Å². The van der Waals surface area contributed by atoms with E-state index < -0.39 is 11.7 Å². The molecule has 1 aromatic carbocycles. The Balaban J connectivity index is 1.89. The number of benzene rings is 1. The first-order valence-electron chi connectivity index (χ1n) is 8.58. The SMILES string of the molecule is FC(F)(F)c1ccccc1-n1nc(C2CCC2)c2c1NCCCC2. The van der Waals surface area contributed by atoms with Crippen LogP contribution in [-0.4, -0.2) is 16.3 Å². The minimum absolute atomic E-state index is 0.112. The Morgan fingerprint density at radius 2 is 1.88 bits per heavy atom. The van der Waals surface area contributed by atoms with E-state index in [1.807, 2.05) is 0 Å². The van der Waals surface area contributed by atoms with Crippen molar-refractivity contribution < 1.29 is 13.2 Å². The van der Waals surface area contributed by atoms with E-state index >= 15 is 0 Å². The number of fused-ring (bicyclic) bond motifs is 1. The molecule has 0 atom stereocenters. The lowest BCUT2D eigenvalue weighted by atomic mass is 9.81. The predicted molar refractivity (Wildman–Crippen MR) is 86.6 cm³/mol. The Hall–Kier alpha value is -1.98. The number of rotatable bonds is 2. The molecule has 0 radical (unpaired) electrons. The number of nitrogens with one attached hydrogen (secondary N) is 1. The molecule has 2 heterocycles. The van der Waals surface area contributed by atoms with Gasteiger partial charge in [-0.1, -0.05) is 18.6 Å². The van der Waals surface area contributed by atoms with Crippen LogP contribution in [-0.2, 0) is 12.6 Å². The topological polar surface area (TPSA) is 29.9 Å². The molecule has 0 spiro atoms. The molecule has 2 aliphatic rings. The molecule has 3 nitrogen and oxygen atoms in total. The number of halogens is 3. The van der Waals surface area contributed by atoms with E-state index in [2.05, 4.69) is 10.4 Å². The summed E-state index contributed by atoms with van der Waals surface area (Å²) in [4.78, 5) is 0. The average molecular weight is 335 g/mol. The molecule has 0 bridgehead atoms. The zero-order chi connectivity index (χ0) is 16.7. The van der Waals surface area contributed by atoms with Crippen LogP contribution in [0, 0.1) is 0 Å². The maximum atomic E-state index is 13.4. The highest BCUT2D eigenvalue weighted by atomic mass is 19.4. The maximum absolute atomic E-state index is 13.4. The highest BCUT2D eigenvalue weighted by Gasteiger charge is 2.36. The maximum Gasteiger partial charge on any atom is 0.418 e. The molecule has 0 unspecified atom stereocenters. The molecule has 1 aliphatic carbocycles. The summed E-state index contributed by atoms with van der Waals surface area (Å²) in [5, 5.41) is 7.98. The van der Waals surface area contributed by atoms with Crippen LogP contribution < -0.4 is 5.32 Å². The monoisotopic (exact) mass is 335 g/mol. The van der Waals surface area contributed by atoms with Crippen LogP contribution in [0.4, 0.5) is 19.0 Å². The molecule has 1 aromatic heterocycles. The molecular weight excluding hydrogens is 315 g/mol. The molecule has 1 N–H and O–H groups in total. The summed E-state index contributed by atoms with van der Waals surface area (Å²) in [7, 11) is 0. The van der Waals surface area contributed by atoms with Gasteiger partial charge in [-0.3, -0.25) is 0 Å². The average Bonchev–Trinajstić information content (AvgIpc) is 2.69. The molecule has 0 saturated heterocycles. The zero-order valence-electron chi connectivity index (χ0n) is 13.4. The summed E-state index contributed by atoms with van der Waals surface area (Å²) >= 11 is 0. The molecule has 24 heavy (non-hydrogen) atoms. The zero-order valence-corrected chi connectivity index (χ0v) is 13.4. The fraction of sp³-hybridized carbons (Fsp3) is 0.500. The largest absolute Gasteiger partial charge is 0.418 e. The van der Waals surface area contributed by atoms with Crippen molar-refractivity contribution in [3.05, 3.63) is 41.1 Å². The van der Waals surface area contributed by atoms with E-state index in [0.717, 1.165) is 61.8 Å². The normalized spacial score (nSPS) is 18.5. The lowest BCUT2D eigenvalue weighted by molar-refractivity contribution is -0.137. The van der Waals surface area contributed by atoms with Crippen LogP contribution in [0.2, 0.25) is 0 Å². The molecule has 1 saturated carbocycles. The quantitative estimate of drug-likeness (QED) is 0.845. The van der Waals surface area contributed by atoms with Gasteiger partial charge >= 0.3 is 6.18 Å². The Bertz CT molecular complexity index is 744. The Labute approximate surface area is 138 Å². The number of anilines is 1. The van der Waals surface area contributed by atoms with Crippen molar-refractivity contribution in [2.45, 2.75) is 50.6 Å². The first-order chi connectivity index (χ1) is 11.6. The van der Waals surface area contributed by atoms with Gasteiger partial charge in [-0.2, -0.15) is 18.3 Å². The highest BCUT2D eigenvalue weighted by Crippen LogP contribution is 2.42. The molecular formula is C18H20F3N3. The fourth-order valence-corrected chi connectivity index (χ4v) is 3.61. The van der Waals surface area contributed by atoms with Gasteiger partial charge < -0.3 is 5.32 Å². The van der Waals surface area contributed by atoms with Crippen LogP contribution in [0.25, 0.3) is 5.69 Å². The van der Waals surface area contributed by atoms with Crippen molar-refractivity contribution in [2.75, 3.05) is 11.9 Å². The van der Waals surface area contributed by atoms with E-state index in [1.54, 1.807) is 6.07 Å². The number of nitrogens with zero attached hydrogens (tertiary/aromatic N) is 2. The second kappa shape index (κ2) is 5.83. The third kappa shape index (κ3) is 2.58. The van der Waals surface area contributed by atoms with Crippen molar-refractivity contribution in [3.8, 4) is 5.69 Å². The number of alkyl halides is 3. The lowest BCUT2D eigenvalue weighted by Crippen LogP contribution is -2.14. The third-order valence-electron chi connectivity index (χ3n) is 5.09. The Kier molecular flexibility index (Phi) is 3.77. The van der Waals surface area contributed by atoms with E-state index in [4.69, 9.17) is 0 Å². The van der Waals surface area contributed by atoms with Crippen molar-refractivity contribution in [1.82, 2.24) is 9.78 Å². The minimum Gasteiger partial charge on any atom is -0.370 e. The number of hydrogen-bond donors (Lipinski definition) is 1. The van der Waals surface area contributed by atoms with Crippen LogP contribution in [0.15, 0.2) is 24.3 Å². The Morgan fingerprint density at radius 1 is 1.08 bits per heavy atom. The smallest absolute Gasteiger partial charge is 0.370 e. The van der Waals surface area contributed by atoms with Gasteiger partial charge in [0, 0.05) is 18.0 Å². The van der Waals surface area contributed by atoms with Gasteiger partial charge in [0.1, 0.15) is 5.82 Å². The summed E-state index contributed by atoms with van der Waals surface area (Å²) in [6.07, 6.45) is 1.93. The van der Waals surface area contributed by atoms with Crippen LogP contribution in [0.1, 0.15) is 54.8 Å². The van der Waals surface area contributed by atoms with Crippen molar-refractivity contribution in [1.29, 1.82) is 0 Å². The fourth-order valence-electron chi connectivity index (χ4n) is 3.61. The van der Waals surface area contributed by atoms with E-state index in [0.29, 0.717) is 5.92 Å². The summed E-state index contributed by atoms with van der Waals surface area (Å²) in [6.45, 7) is 0.775. The number of aromatic nitrogens is 2. The lowest BCUT2D eigenvalue weighted by Gasteiger charge is -2.24. The van der Waals surface area contributed by atoms with Crippen molar-refractivity contribution >= 4 is 5.82 Å². The van der Waals surface area contributed by atoms with Gasteiger partial charge in [0.25, 0.3) is 0 Å². The second-order valence-electron chi connectivity index (χ2n) is 6.65. The van der Waals surface area contributed by atoms with Crippen LogP contribution in [0.5, 0.6) is 0 Å². The van der Waals surface area contributed by atoms with Gasteiger partial charge in [-0.25, -0.2) is 4.68 Å². The second-order valence-corrected chi connectivity index (χ2v) is 6.65. The van der Waals surface area contributed by atoms with Crippen LogP contribution in [0.3, 0.4) is 0 Å². The first kappa shape index (κ1) is 15.5. The van der Waals surface area contributed by atoms with Gasteiger partial charge in [-0.05, 0) is 44.2 Å². The van der Waals surface area contributed by atoms with Crippen LogP contribution >= 0.6 is 0 Å². The van der Waals surface area contributed by atoms with Gasteiger partial charge in [-0.15, -0.1) is 0 Å². The van der Waals surface area contributed by atoms with E-state index in [-0.39, 0.29) is 5.69 Å². The molecule has 6 heteroatoms. The first-order valence-corrected chi connectivity index (χ1v) is 8.58. The summed E-state index contributed by atoms with van der Waals surface area (Å²) in [6, 6.07) is 5.70. The summed E-state index contributed by atoms with van der Waals surface area (Å²) in [5.41, 5.74) is 1.60. The highest BCUT2D eigenvalue weighted by molar-refractivity contribution is 5.57. The van der Waals surface area contributed by atoms with Gasteiger partial charge in [0.05, 0.1) is 16.9 Å². The molecule has 1 aliphatic heterocycles. The van der Waals surface area contributed by atoms with Crippen molar-refractivity contribution in [3.63, 3.8) is 0 Å². The summed E-state index contributed by atoms with van der Waals surface area (Å²) < 4.78 is 41.8. The molecule has 2 aromatic rings. The number of para-hydroxylation sites is 1. The standard InChI is InChI=1S/C18H20F3N3/c19-18(20,21)14-9-1-2-10-15(14)24-17-13(8-3-4-11-22-17)16(23-24)12-6-5-7-12/h1-2,9-10,12,22H,3-8,11H2. The number of hydrogen-bond acceptors (Lipinski definition) is 2. The van der Waals surface area contributed by atoms with Gasteiger partial charge in [0.15, 0.2) is 0 Å². The summed E-state index contributed by atoms with van der Waals surface area (Å²) in [5.74, 6) is 1.16. The van der Waals surface area contributed by atoms with Gasteiger partial charge in [0.2, 0.25) is 0 Å². The van der Waals surface area contributed by atoms with E-state index in [9.17, 15) is 13.2 Å². The Morgan fingerprint density at radius 3 is 2.58 bits per heavy atom. The minimum atomic E-state index is -4.39.